The first-order valence-electron chi connectivity index (χ1n) is 5.90. The Morgan fingerprint density at radius 3 is 2.56 bits per heavy atom. The van der Waals surface area contributed by atoms with Crippen LogP contribution in [0.2, 0.25) is 0 Å². The fraction of sp³-hybridized carbons (Fsp3) is 0.500. The first-order chi connectivity index (χ1) is 7.57. The predicted molar refractivity (Wildman–Crippen MR) is 71.2 cm³/mol. The standard InChI is InChI=1S/C14H22N2/c1-10(2)13(6-5-7-16-9-15)14-8-11(3)12(14)4/h5-12H,1-4H3,(H2,15,16)/b7-5-,13-6-. The Morgan fingerprint density at radius 1 is 1.44 bits per heavy atom. The second kappa shape index (κ2) is 5.69. The van der Waals surface area contributed by atoms with Gasteiger partial charge >= 0.3 is 0 Å². The highest BCUT2D eigenvalue weighted by Gasteiger charge is 2.27. The average Bonchev–Trinajstić information content (AvgIpc) is 2.26. The molecule has 0 aromatic carbocycles. The molecule has 2 nitrogen and oxygen atoms in total. The molecule has 0 aromatic heterocycles. The van der Waals surface area contributed by atoms with Gasteiger partial charge in [0.2, 0.25) is 0 Å². The zero-order valence-corrected chi connectivity index (χ0v) is 10.6. The molecule has 2 heteroatoms. The van der Waals surface area contributed by atoms with E-state index in [9.17, 15) is 0 Å². The molecular formula is C14H22N2. The van der Waals surface area contributed by atoms with Gasteiger partial charge in [-0.2, -0.15) is 0 Å². The van der Waals surface area contributed by atoms with Crippen LogP contribution in [0.4, 0.5) is 0 Å². The lowest BCUT2D eigenvalue weighted by atomic mass is 9.71. The molecule has 0 aliphatic heterocycles. The molecule has 0 saturated heterocycles. The van der Waals surface area contributed by atoms with Crippen LogP contribution < -0.4 is 5.73 Å². The Kier molecular flexibility index (Phi) is 4.53. The fourth-order valence-corrected chi connectivity index (χ4v) is 1.97. The third kappa shape index (κ3) is 2.84. The summed E-state index contributed by atoms with van der Waals surface area (Å²) >= 11 is 0. The highest BCUT2D eigenvalue weighted by Crippen LogP contribution is 2.39. The minimum atomic E-state index is 0.549. The molecule has 0 radical (unpaired) electrons. The molecule has 0 bridgehead atoms. The maximum atomic E-state index is 5.17. The second-order valence-electron chi connectivity index (χ2n) is 4.69. The van der Waals surface area contributed by atoms with Gasteiger partial charge in [0.15, 0.2) is 0 Å². The van der Waals surface area contributed by atoms with Crippen molar-refractivity contribution in [1.29, 1.82) is 0 Å². The Morgan fingerprint density at radius 2 is 2.12 bits per heavy atom. The van der Waals surface area contributed by atoms with Crippen LogP contribution in [-0.4, -0.2) is 6.34 Å². The molecule has 16 heavy (non-hydrogen) atoms. The van der Waals surface area contributed by atoms with Gasteiger partial charge in [0, 0.05) is 6.20 Å². The SMILES string of the molecule is CC(C)/C(=C/C=C\N=CN)C1=CC(C)C1C. The molecule has 0 amide bonds. The molecule has 0 spiro atoms. The van der Waals surface area contributed by atoms with E-state index in [1.54, 1.807) is 6.20 Å². The van der Waals surface area contributed by atoms with Gasteiger partial charge in [-0.25, -0.2) is 4.99 Å². The smallest absolute Gasteiger partial charge is 0.0852 e. The van der Waals surface area contributed by atoms with E-state index in [0.717, 1.165) is 0 Å². The maximum Gasteiger partial charge on any atom is 0.0852 e. The number of hydrogen-bond donors (Lipinski definition) is 1. The van der Waals surface area contributed by atoms with Crippen molar-refractivity contribution in [3.05, 3.63) is 35.6 Å². The van der Waals surface area contributed by atoms with Gasteiger partial charge in [0.05, 0.1) is 6.34 Å². The fourth-order valence-electron chi connectivity index (χ4n) is 1.97. The first kappa shape index (κ1) is 12.8. The topological polar surface area (TPSA) is 38.4 Å². The number of aliphatic imine (C=N–C) groups is 1. The van der Waals surface area contributed by atoms with E-state index in [1.165, 1.54) is 17.5 Å². The summed E-state index contributed by atoms with van der Waals surface area (Å²) in [6.07, 6.45) is 9.47. The summed E-state index contributed by atoms with van der Waals surface area (Å²) in [4.78, 5) is 3.85. The molecule has 88 valence electrons. The van der Waals surface area contributed by atoms with Crippen LogP contribution in [0.3, 0.4) is 0 Å². The van der Waals surface area contributed by atoms with Crippen molar-refractivity contribution in [2.75, 3.05) is 0 Å². The maximum absolute atomic E-state index is 5.17. The van der Waals surface area contributed by atoms with Crippen LogP contribution in [0.5, 0.6) is 0 Å². The van der Waals surface area contributed by atoms with E-state index in [-0.39, 0.29) is 0 Å². The van der Waals surface area contributed by atoms with Crippen LogP contribution in [0, 0.1) is 17.8 Å². The van der Waals surface area contributed by atoms with Crippen LogP contribution in [-0.2, 0) is 0 Å². The van der Waals surface area contributed by atoms with E-state index in [0.29, 0.717) is 17.8 Å². The summed E-state index contributed by atoms with van der Waals surface area (Å²) in [7, 11) is 0. The zero-order chi connectivity index (χ0) is 12.1. The molecule has 0 saturated carbocycles. The van der Waals surface area contributed by atoms with Crippen LogP contribution in [0.1, 0.15) is 27.7 Å². The molecule has 2 N–H and O–H groups in total. The Bertz CT molecular complexity index is 346. The predicted octanol–water partition coefficient (Wildman–Crippen LogP) is 3.28. The van der Waals surface area contributed by atoms with Gasteiger partial charge in [-0.1, -0.05) is 39.8 Å². The van der Waals surface area contributed by atoms with E-state index >= 15 is 0 Å². The monoisotopic (exact) mass is 218 g/mol. The third-order valence-corrected chi connectivity index (χ3v) is 3.21. The van der Waals surface area contributed by atoms with Gasteiger partial charge < -0.3 is 5.73 Å². The van der Waals surface area contributed by atoms with Gasteiger partial charge in [0.1, 0.15) is 0 Å². The summed E-state index contributed by atoms with van der Waals surface area (Å²) in [6, 6.07) is 0. The quantitative estimate of drug-likeness (QED) is 0.439. The number of rotatable bonds is 4. The number of nitrogens with two attached hydrogens (primary N) is 1. The van der Waals surface area contributed by atoms with E-state index < -0.39 is 0 Å². The number of allylic oxidation sites excluding steroid dienone is 5. The number of hydrogen-bond acceptors (Lipinski definition) is 1. The van der Waals surface area contributed by atoms with Crippen molar-refractivity contribution in [2.24, 2.45) is 28.5 Å². The Hall–Kier alpha value is -1.31. The lowest BCUT2D eigenvalue weighted by Crippen LogP contribution is -2.22. The van der Waals surface area contributed by atoms with Crippen LogP contribution >= 0.6 is 0 Å². The van der Waals surface area contributed by atoms with Gasteiger partial charge in [-0.3, -0.25) is 0 Å². The van der Waals surface area contributed by atoms with Crippen molar-refractivity contribution < 1.29 is 0 Å². The number of nitrogens with zero attached hydrogens (tertiary/aromatic N) is 1. The summed E-state index contributed by atoms with van der Waals surface area (Å²) in [5.41, 5.74) is 8.07. The Labute approximate surface area is 98.6 Å². The molecule has 2 atom stereocenters. The summed E-state index contributed by atoms with van der Waals surface area (Å²) in [5, 5.41) is 0. The van der Waals surface area contributed by atoms with E-state index in [1.807, 2.05) is 6.08 Å². The van der Waals surface area contributed by atoms with Crippen molar-refractivity contribution in [3.63, 3.8) is 0 Å². The van der Waals surface area contributed by atoms with Crippen LogP contribution in [0.15, 0.2) is 40.6 Å². The first-order valence-corrected chi connectivity index (χ1v) is 5.90. The molecule has 0 heterocycles. The Balaban J connectivity index is 2.81. The molecule has 1 rings (SSSR count). The lowest BCUT2D eigenvalue weighted by Gasteiger charge is -2.34. The second-order valence-corrected chi connectivity index (χ2v) is 4.69. The van der Waals surface area contributed by atoms with Gasteiger partial charge in [0.25, 0.3) is 0 Å². The molecule has 2 unspecified atom stereocenters. The lowest BCUT2D eigenvalue weighted by molar-refractivity contribution is 0.459. The highest BCUT2D eigenvalue weighted by atomic mass is 14.8. The largest absolute Gasteiger partial charge is 0.390 e. The van der Waals surface area contributed by atoms with Gasteiger partial charge in [-0.15, -0.1) is 0 Å². The van der Waals surface area contributed by atoms with Crippen molar-refractivity contribution in [1.82, 2.24) is 0 Å². The van der Waals surface area contributed by atoms with Crippen molar-refractivity contribution in [2.45, 2.75) is 27.7 Å². The van der Waals surface area contributed by atoms with Crippen molar-refractivity contribution >= 4 is 6.34 Å². The minimum absolute atomic E-state index is 0.549. The van der Waals surface area contributed by atoms with E-state index in [2.05, 4.69) is 44.8 Å². The molecular weight excluding hydrogens is 196 g/mol. The molecule has 1 aliphatic carbocycles. The molecule has 0 aromatic rings. The average molecular weight is 218 g/mol. The van der Waals surface area contributed by atoms with Crippen molar-refractivity contribution in [3.8, 4) is 0 Å². The summed E-state index contributed by atoms with van der Waals surface area (Å²) in [5.74, 6) is 1.94. The summed E-state index contributed by atoms with van der Waals surface area (Å²) in [6.45, 7) is 9.00. The molecule has 0 fully saturated rings. The van der Waals surface area contributed by atoms with Gasteiger partial charge in [-0.05, 0) is 35.0 Å². The van der Waals surface area contributed by atoms with E-state index in [4.69, 9.17) is 5.73 Å². The highest BCUT2D eigenvalue weighted by molar-refractivity contribution is 5.52. The minimum Gasteiger partial charge on any atom is -0.390 e. The van der Waals surface area contributed by atoms with Crippen LogP contribution in [0.25, 0.3) is 0 Å². The molecule has 1 aliphatic rings. The zero-order valence-electron chi connectivity index (χ0n) is 10.6. The summed E-state index contributed by atoms with van der Waals surface area (Å²) < 4.78 is 0. The third-order valence-electron chi connectivity index (χ3n) is 3.21. The normalized spacial score (nSPS) is 26.6.